The molecule has 1 fully saturated rings. The average Bonchev–Trinajstić information content (AvgIpc) is 3.12. The van der Waals surface area contributed by atoms with Crippen molar-refractivity contribution in [1.82, 2.24) is 10.2 Å². The summed E-state index contributed by atoms with van der Waals surface area (Å²) in [6.45, 7) is 9.16. The molecule has 0 unspecified atom stereocenters. The Bertz CT molecular complexity index is 832. The molecule has 0 atom stereocenters. The zero-order valence-corrected chi connectivity index (χ0v) is 17.2. The van der Waals surface area contributed by atoms with Crippen molar-refractivity contribution in [3.05, 3.63) is 47.7 Å². The highest BCUT2D eigenvalue weighted by Gasteiger charge is 2.28. The highest BCUT2D eigenvalue weighted by Crippen LogP contribution is 2.31. The van der Waals surface area contributed by atoms with Crippen LogP contribution in [-0.2, 0) is 16.6 Å². The number of nitrogens with zero attached hydrogens (tertiary/aromatic N) is 4. The lowest BCUT2D eigenvalue weighted by Gasteiger charge is -2.33. The van der Waals surface area contributed by atoms with E-state index in [1.165, 1.54) is 5.56 Å². The summed E-state index contributed by atoms with van der Waals surface area (Å²) in [6.07, 6.45) is 3.69. The molecule has 2 aliphatic rings. The molecule has 0 radical (unpaired) electrons. The van der Waals surface area contributed by atoms with Crippen molar-refractivity contribution in [1.29, 1.82) is 0 Å². The summed E-state index contributed by atoms with van der Waals surface area (Å²) in [5, 5.41) is 8.86. The van der Waals surface area contributed by atoms with Crippen LogP contribution in [-0.4, -0.2) is 35.7 Å². The Morgan fingerprint density at radius 3 is 2.46 bits per heavy atom. The minimum Gasteiger partial charge on any atom is -0.355 e. The minimum absolute atomic E-state index is 0.0209. The molecule has 2 aliphatic heterocycles. The van der Waals surface area contributed by atoms with Gasteiger partial charge in [-0.15, -0.1) is 5.10 Å². The van der Waals surface area contributed by atoms with E-state index in [-0.39, 0.29) is 11.3 Å². The second-order valence-corrected chi connectivity index (χ2v) is 9.09. The smallest absolute Gasteiger partial charge is 0.227 e. The largest absolute Gasteiger partial charge is 0.355 e. The number of hydrogen-bond donors (Lipinski definition) is 0. The van der Waals surface area contributed by atoms with Gasteiger partial charge in [0.05, 0.1) is 5.69 Å². The molecule has 28 heavy (non-hydrogen) atoms. The predicted octanol–water partition coefficient (Wildman–Crippen LogP) is 3.97. The molecule has 1 aromatic heterocycles. The van der Waals surface area contributed by atoms with Crippen molar-refractivity contribution in [3.63, 3.8) is 0 Å². The summed E-state index contributed by atoms with van der Waals surface area (Å²) in [4.78, 5) is 17.1. The van der Waals surface area contributed by atoms with Gasteiger partial charge in [-0.1, -0.05) is 39.0 Å². The molecule has 0 N–H and O–H groups in total. The first-order chi connectivity index (χ1) is 13.4. The van der Waals surface area contributed by atoms with Crippen LogP contribution < -0.4 is 9.80 Å². The Hall–Kier alpha value is -2.43. The number of aromatic nitrogens is 2. The number of amides is 1. The molecule has 0 spiro atoms. The van der Waals surface area contributed by atoms with Gasteiger partial charge in [0.15, 0.2) is 5.82 Å². The second kappa shape index (κ2) is 7.53. The zero-order valence-electron chi connectivity index (χ0n) is 17.2. The van der Waals surface area contributed by atoms with Gasteiger partial charge in [-0.2, -0.15) is 5.10 Å². The number of para-hydroxylation sites is 1. The third kappa shape index (κ3) is 3.89. The predicted molar refractivity (Wildman–Crippen MR) is 113 cm³/mol. The fourth-order valence-electron chi connectivity index (χ4n) is 4.21. The van der Waals surface area contributed by atoms with E-state index in [1.807, 2.05) is 11.0 Å². The molecule has 5 nitrogen and oxygen atoms in total. The first-order valence-electron chi connectivity index (χ1n) is 10.4. The molecule has 2 aromatic rings. The van der Waals surface area contributed by atoms with E-state index in [4.69, 9.17) is 0 Å². The topological polar surface area (TPSA) is 49.3 Å². The lowest BCUT2D eigenvalue weighted by molar-refractivity contribution is -0.119. The zero-order chi connectivity index (χ0) is 19.7. The summed E-state index contributed by atoms with van der Waals surface area (Å²) in [6, 6.07) is 12.5. The number of carbonyl (C=O) groups is 1. The Kier molecular flexibility index (Phi) is 5.09. The van der Waals surface area contributed by atoms with E-state index >= 15 is 0 Å². The fourth-order valence-corrected chi connectivity index (χ4v) is 4.21. The first-order valence-corrected chi connectivity index (χ1v) is 10.4. The summed E-state index contributed by atoms with van der Waals surface area (Å²) >= 11 is 0. The van der Waals surface area contributed by atoms with Gasteiger partial charge < -0.3 is 9.80 Å². The highest BCUT2D eigenvalue weighted by molar-refractivity contribution is 5.95. The third-order valence-corrected chi connectivity index (χ3v) is 6.01. The van der Waals surface area contributed by atoms with E-state index in [0.29, 0.717) is 12.3 Å². The summed E-state index contributed by atoms with van der Waals surface area (Å²) in [7, 11) is 0. The fraction of sp³-hybridized carbons (Fsp3) is 0.522. The lowest BCUT2D eigenvalue weighted by Crippen LogP contribution is -2.37. The maximum absolute atomic E-state index is 12.8. The Morgan fingerprint density at radius 1 is 1.04 bits per heavy atom. The van der Waals surface area contributed by atoms with E-state index in [0.717, 1.165) is 56.1 Å². The molecule has 148 valence electrons. The first kappa shape index (κ1) is 18.9. The maximum Gasteiger partial charge on any atom is 0.227 e. The van der Waals surface area contributed by atoms with Crippen LogP contribution in [0.4, 0.5) is 11.5 Å². The average molecular weight is 379 g/mol. The Morgan fingerprint density at radius 2 is 1.79 bits per heavy atom. The van der Waals surface area contributed by atoms with Gasteiger partial charge in [0.2, 0.25) is 5.91 Å². The van der Waals surface area contributed by atoms with Crippen LogP contribution in [0.1, 0.15) is 51.3 Å². The normalized spacial score (nSPS) is 17.7. The summed E-state index contributed by atoms with van der Waals surface area (Å²) < 4.78 is 0. The number of benzene rings is 1. The van der Waals surface area contributed by atoms with Crippen molar-refractivity contribution in [2.75, 3.05) is 29.4 Å². The SMILES string of the molecule is CC(C)(C)c1ccc(N2CCC(CC(=O)N3CCc4ccccc43)CC2)nn1. The van der Waals surface area contributed by atoms with Gasteiger partial charge >= 0.3 is 0 Å². The van der Waals surface area contributed by atoms with Crippen LogP contribution in [0.3, 0.4) is 0 Å². The van der Waals surface area contributed by atoms with E-state index < -0.39 is 0 Å². The van der Waals surface area contributed by atoms with Crippen molar-refractivity contribution in [2.24, 2.45) is 5.92 Å². The standard InChI is InChI=1S/C23H30N4O/c1-23(2,3)20-8-9-21(25-24-20)26-13-10-17(11-14-26)16-22(28)27-15-12-18-6-4-5-7-19(18)27/h4-9,17H,10-16H2,1-3H3. The molecule has 3 heterocycles. The van der Waals surface area contributed by atoms with Crippen LogP contribution in [0.25, 0.3) is 0 Å². The number of fused-ring (bicyclic) bond motifs is 1. The van der Waals surface area contributed by atoms with Crippen molar-refractivity contribution in [3.8, 4) is 0 Å². The number of rotatable bonds is 3. The van der Waals surface area contributed by atoms with Gasteiger partial charge in [-0.3, -0.25) is 4.79 Å². The number of anilines is 2. The van der Waals surface area contributed by atoms with Gasteiger partial charge in [-0.05, 0) is 48.9 Å². The molecule has 1 amide bonds. The van der Waals surface area contributed by atoms with Crippen LogP contribution in [0.2, 0.25) is 0 Å². The van der Waals surface area contributed by atoms with E-state index in [9.17, 15) is 4.79 Å². The molecule has 4 rings (SSSR count). The molecule has 1 saturated heterocycles. The van der Waals surface area contributed by atoms with Crippen molar-refractivity contribution in [2.45, 2.75) is 51.9 Å². The van der Waals surface area contributed by atoms with Gasteiger partial charge in [0, 0.05) is 37.2 Å². The van der Waals surface area contributed by atoms with E-state index in [2.05, 4.69) is 66.2 Å². The van der Waals surface area contributed by atoms with Gasteiger partial charge in [0.1, 0.15) is 0 Å². The van der Waals surface area contributed by atoms with E-state index in [1.54, 1.807) is 0 Å². The third-order valence-electron chi connectivity index (χ3n) is 6.01. The van der Waals surface area contributed by atoms with Gasteiger partial charge in [0.25, 0.3) is 0 Å². The molecule has 0 aliphatic carbocycles. The van der Waals surface area contributed by atoms with Crippen LogP contribution >= 0.6 is 0 Å². The molecular weight excluding hydrogens is 348 g/mol. The molecule has 0 saturated carbocycles. The van der Waals surface area contributed by atoms with Crippen LogP contribution in [0.5, 0.6) is 0 Å². The molecule has 5 heteroatoms. The Balaban J connectivity index is 1.32. The summed E-state index contributed by atoms with van der Waals surface area (Å²) in [5.41, 5.74) is 3.44. The van der Waals surface area contributed by atoms with Crippen molar-refractivity contribution >= 4 is 17.4 Å². The quantitative estimate of drug-likeness (QED) is 0.811. The monoisotopic (exact) mass is 378 g/mol. The second-order valence-electron chi connectivity index (χ2n) is 9.09. The van der Waals surface area contributed by atoms with Crippen LogP contribution in [0.15, 0.2) is 36.4 Å². The van der Waals surface area contributed by atoms with Crippen LogP contribution in [0, 0.1) is 5.92 Å². The molecular formula is C23H30N4O. The van der Waals surface area contributed by atoms with Crippen molar-refractivity contribution < 1.29 is 4.79 Å². The molecule has 1 aromatic carbocycles. The minimum atomic E-state index is 0.0209. The number of hydrogen-bond acceptors (Lipinski definition) is 4. The Labute approximate surface area is 167 Å². The highest BCUT2D eigenvalue weighted by atomic mass is 16.2. The van der Waals surface area contributed by atoms with Gasteiger partial charge in [-0.25, -0.2) is 0 Å². The number of piperidine rings is 1. The lowest BCUT2D eigenvalue weighted by atomic mass is 9.92. The summed E-state index contributed by atoms with van der Waals surface area (Å²) in [5.74, 6) is 1.68. The number of carbonyl (C=O) groups excluding carboxylic acids is 1. The molecule has 0 bridgehead atoms. The maximum atomic E-state index is 12.8.